The topological polar surface area (TPSA) is 17.1 Å². The molecule has 3 heteroatoms. The minimum Gasteiger partial charge on any atom is -0.282 e. The number of hydrogen-bond acceptors (Lipinski definition) is 1. The quantitative estimate of drug-likeness (QED) is 0.639. The van der Waals surface area contributed by atoms with Crippen LogP contribution in [0.1, 0.15) is 15.9 Å². The van der Waals surface area contributed by atoms with Gasteiger partial charge >= 0.3 is 0 Å². The van der Waals surface area contributed by atoms with Gasteiger partial charge in [0.05, 0.1) is 0 Å². The van der Waals surface area contributed by atoms with E-state index < -0.39 is 0 Å². The third-order valence-electron chi connectivity index (χ3n) is 1.40. The summed E-state index contributed by atoms with van der Waals surface area (Å²) in [5.74, 6) is -0.302. The molecule has 0 unspecified atom stereocenters. The van der Waals surface area contributed by atoms with E-state index in [1.807, 2.05) is 0 Å². The van der Waals surface area contributed by atoms with Crippen LogP contribution < -0.4 is 0 Å². The second kappa shape index (κ2) is 3.05. The van der Waals surface area contributed by atoms with Crippen LogP contribution in [-0.2, 0) is 0 Å². The van der Waals surface area contributed by atoms with Gasteiger partial charge in [-0.3, -0.25) is 4.79 Å². The Morgan fingerprint density at radius 2 is 2.18 bits per heavy atom. The molecular formula is C8H7FOS. The molecule has 0 saturated carbocycles. The number of hydrogen-bond donors (Lipinski definition) is 1. The fourth-order valence-corrected chi connectivity index (χ4v) is 0.917. The third kappa shape index (κ3) is 1.80. The van der Waals surface area contributed by atoms with E-state index in [4.69, 9.17) is 0 Å². The average molecular weight is 170 g/mol. The molecule has 0 aromatic heterocycles. The van der Waals surface area contributed by atoms with Crippen LogP contribution in [0.15, 0.2) is 18.2 Å². The largest absolute Gasteiger partial charge is 0.282 e. The molecule has 0 N–H and O–H groups in total. The predicted octanol–water partition coefficient (Wildman–Crippen LogP) is 2.20. The standard InChI is InChI=1S/C8H7FOS/c1-5-4-6(8(10)11)2-3-7(5)9/h2-4H,1H3,(H,10,11). The highest BCUT2D eigenvalue weighted by Crippen LogP contribution is 2.10. The van der Waals surface area contributed by atoms with Crippen LogP contribution in [0.25, 0.3) is 0 Å². The Morgan fingerprint density at radius 1 is 1.55 bits per heavy atom. The molecule has 0 saturated heterocycles. The van der Waals surface area contributed by atoms with Crippen molar-refractivity contribution in [1.82, 2.24) is 0 Å². The van der Waals surface area contributed by atoms with Gasteiger partial charge in [-0.05, 0) is 30.7 Å². The monoisotopic (exact) mass is 170 g/mol. The SMILES string of the molecule is Cc1cc(C(=O)S)ccc1F. The van der Waals surface area contributed by atoms with Crippen LogP contribution >= 0.6 is 12.6 Å². The van der Waals surface area contributed by atoms with E-state index in [1.54, 1.807) is 6.92 Å². The summed E-state index contributed by atoms with van der Waals surface area (Å²) in [5.41, 5.74) is 0.886. The lowest BCUT2D eigenvalue weighted by atomic mass is 10.1. The zero-order chi connectivity index (χ0) is 8.43. The van der Waals surface area contributed by atoms with Gasteiger partial charge in [-0.1, -0.05) is 0 Å². The second-order valence-electron chi connectivity index (χ2n) is 2.27. The first-order valence-electron chi connectivity index (χ1n) is 3.10. The van der Waals surface area contributed by atoms with Crippen LogP contribution in [-0.4, -0.2) is 5.12 Å². The summed E-state index contributed by atoms with van der Waals surface area (Å²) < 4.78 is 12.6. The summed E-state index contributed by atoms with van der Waals surface area (Å²) in [5, 5.41) is -0.340. The summed E-state index contributed by atoms with van der Waals surface area (Å²) >= 11 is 3.61. The highest BCUT2D eigenvalue weighted by molar-refractivity contribution is 7.97. The molecule has 0 atom stereocenters. The molecule has 11 heavy (non-hydrogen) atoms. The number of thiol groups is 1. The van der Waals surface area contributed by atoms with Crippen LogP contribution in [0, 0.1) is 12.7 Å². The molecule has 0 radical (unpaired) electrons. The predicted molar refractivity (Wildman–Crippen MR) is 44.5 cm³/mol. The van der Waals surface area contributed by atoms with Crippen molar-refractivity contribution in [2.45, 2.75) is 6.92 Å². The highest BCUT2D eigenvalue weighted by atomic mass is 32.1. The van der Waals surface area contributed by atoms with Gasteiger partial charge in [0.1, 0.15) is 5.82 Å². The Balaban J connectivity index is 3.15. The first kappa shape index (κ1) is 8.27. The van der Waals surface area contributed by atoms with Crippen LogP contribution in [0.3, 0.4) is 0 Å². The molecule has 0 aliphatic heterocycles. The Labute approximate surface area is 69.6 Å². The molecule has 1 rings (SSSR count). The fraction of sp³-hybridized carbons (Fsp3) is 0.125. The molecule has 1 aromatic carbocycles. The maximum atomic E-state index is 12.6. The molecule has 1 nitrogen and oxygen atoms in total. The fourth-order valence-electron chi connectivity index (χ4n) is 0.778. The molecule has 0 heterocycles. The zero-order valence-electron chi connectivity index (χ0n) is 5.97. The minimum atomic E-state index is -0.340. The van der Waals surface area contributed by atoms with Crippen molar-refractivity contribution in [1.29, 1.82) is 0 Å². The maximum Gasteiger partial charge on any atom is 0.216 e. The van der Waals surface area contributed by atoms with Gasteiger partial charge in [-0.2, -0.15) is 0 Å². The van der Waals surface area contributed by atoms with Gasteiger partial charge in [0.25, 0.3) is 0 Å². The molecule has 0 amide bonds. The molecule has 0 spiro atoms. The number of carbonyl (C=O) groups is 1. The molecule has 1 aromatic rings. The number of carbonyl (C=O) groups excluding carboxylic acids is 1. The van der Waals surface area contributed by atoms with Gasteiger partial charge in [-0.15, -0.1) is 12.6 Å². The Hall–Kier alpha value is -0.830. The normalized spacial score (nSPS) is 9.73. The minimum absolute atomic E-state index is 0.302. The molecule has 58 valence electrons. The van der Waals surface area contributed by atoms with E-state index >= 15 is 0 Å². The van der Waals surface area contributed by atoms with E-state index in [1.165, 1.54) is 18.2 Å². The summed E-state index contributed by atoms with van der Waals surface area (Å²) in [6.07, 6.45) is 0. The van der Waals surface area contributed by atoms with Crippen molar-refractivity contribution in [3.63, 3.8) is 0 Å². The van der Waals surface area contributed by atoms with Crippen molar-refractivity contribution in [3.8, 4) is 0 Å². The number of aryl methyl sites for hydroxylation is 1. The molecule has 0 aliphatic rings. The van der Waals surface area contributed by atoms with Crippen molar-refractivity contribution in [3.05, 3.63) is 35.1 Å². The van der Waals surface area contributed by atoms with Gasteiger partial charge in [0.2, 0.25) is 5.12 Å². The molecule has 0 aliphatic carbocycles. The summed E-state index contributed by atoms with van der Waals surface area (Å²) in [4.78, 5) is 10.7. The lowest BCUT2D eigenvalue weighted by Gasteiger charge is -1.97. The smallest absolute Gasteiger partial charge is 0.216 e. The van der Waals surface area contributed by atoms with E-state index in [2.05, 4.69) is 12.6 Å². The van der Waals surface area contributed by atoms with Crippen molar-refractivity contribution in [2.75, 3.05) is 0 Å². The molecule has 0 fully saturated rings. The Morgan fingerprint density at radius 3 is 2.64 bits per heavy atom. The van der Waals surface area contributed by atoms with E-state index in [-0.39, 0.29) is 10.9 Å². The summed E-state index contributed by atoms with van der Waals surface area (Å²) in [6.45, 7) is 1.61. The molecular weight excluding hydrogens is 163 g/mol. The number of halogens is 1. The maximum absolute atomic E-state index is 12.6. The zero-order valence-corrected chi connectivity index (χ0v) is 6.86. The lowest BCUT2D eigenvalue weighted by Crippen LogP contribution is -1.91. The Bertz CT molecular complexity index is 296. The number of benzene rings is 1. The van der Waals surface area contributed by atoms with Crippen molar-refractivity contribution >= 4 is 17.7 Å². The van der Waals surface area contributed by atoms with Crippen molar-refractivity contribution in [2.24, 2.45) is 0 Å². The second-order valence-corrected chi connectivity index (χ2v) is 2.68. The van der Waals surface area contributed by atoms with Gasteiger partial charge in [-0.25, -0.2) is 4.39 Å². The lowest BCUT2D eigenvalue weighted by molar-refractivity contribution is 0.109. The summed E-state index contributed by atoms with van der Waals surface area (Å²) in [6, 6.07) is 4.15. The van der Waals surface area contributed by atoms with E-state index in [0.29, 0.717) is 11.1 Å². The number of rotatable bonds is 1. The van der Waals surface area contributed by atoms with Gasteiger partial charge in [0.15, 0.2) is 0 Å². The van der Waals surface area contributed by atoms with Gasteiger partial charge in [0, 0.05) is 5.56 Å². The first-order chi connectivity index (χ1) is 5.11. The Kier molecular flexibility index (Phi) is 2.29. The van der Waals surface area contributed by atoms with Crippen LogP contribution in [0.5, 0.6) is 0 Å². The average Bonchev–Trinajstić information content (AvgIpc) is 1.94. The molecule has 0 bridgehead atoms. The van der Waals surface area contributed by atoms with Crippen molar-refractivity contribution < 1.29 is 9.18 Å². The highest BCUT2D eigenvalue weighted by Gasteiger charge is 2.02. The third-order valence-corrected chi connectivity index (χ3v) is 1.66. The van der Waals surface area contributed by atoms with Crippen LogP contribution in [0.4, 0.5) is 4.39 Å². The van der Waals surface area contributed by atoms with E-state index in [9.17, 15) is 9.18 Å². The van der Waals surface area contributed by atoms with Gasteiger partial charge < -0.3 is 0 Å². The van der Waals surface area contributed by atoms with E-state index in [0.717, 1.165) is 0 Å². The first-order valence-corrected chi connectivity index (χ1v) is 3.55. The summed E-state index contributed by atoms with van der Waals surface area (Å²) in [7, 11) is 0. The van der Waals surface area contributed by atoms with Crippen LogP contribution in [0.2, 0.25) is 0 Å².